The molecule has 1 saturated heterocycles. The smallest absolute Gasteiger partial charge is 0.266 e. The number of nitrogens with one attached hydrogen (secondary N) is 1. The molecule has 0 aliphatic carbocycles. The second-order valence-corrected chi connectivity index (χ2v) is 12.3. The van der Waals surface area contributed by atoms with Gasteiger partial charge in [0.1, 0.15) is 0 Å². The number of benzene rings is 3. The van der Waals surface area contributed by atoms with Crippen LogP contribution in [-0.2, 0) is 14.8 Å². The number of rotatable bonds is 7. The largest absolute Gasteiger partial charge is 0.324 e. The van der Waals surface area contributed by atoms with Crippen LogP contribution in [0.25, 0.3) is 16.6 Å². The molecule has 5 rings (SSSR count). The lowest BCUT2D eigenvalue weighted by molar-refractivity contribution is -0.113. The second kappa shape index (κ2) is 10.9. The van der Waals surface area contributed by atoms with Gasteiger partial charge < -0.3 is 5.32 Å². The molecule has 1 aliphatic heterocycles. The van der Waals surface area contributed by atoms with E-state index in [1.807, 2.05) is 31.2 Å². The highest BCUT2D eigenvalue weighted by Gasteiger charge is 2.28. The molecule has 196 valence electrons. The van der Waals surface area contributed by atoms with E-state index in [1.165, 1.54) is 27.1 Å². The number of hydrogen-bond donors (Lipinski definition) is 1. The van der Waals surface area contributed by atoms with Crippen molar-refractivity contribution in [2.45, 2.75) is 29.8 Å². The molecule has 11 heteroatoms. The van der Waals surface area contributed by atoms with Crippen LogP contribution in [0.3, 0.4) is 0 Å². The molecule has 0 radical (unpaired) electrons. The predicted molar refractivity (Wildman–Crippen MR) is 151 cm³/mol. The Balaban J connectivity index is 1.40. The Morgan fingerprint density at radius 2 is 1.76 bits per heavy atom. The van der Waals surface area contributed by atoms with E-state index in [1.54, 1.807) is 24.3 Å². The number of para-hydroxylation sites is 1. The molecule has 0 saturated carbocycles. The normalized spacial score (nSPS) is 14.2. The van der Waals surface area contributed by atoms with Gasteiger partial charge in [-0.15, -0.1) is 0 Å². The van der Waals surface area contributed by atoms with Gasteiger partial charge >= 0.3 is 0 Å². The first-order valence-electron chi connectivity index (χ1n) is 12.1. The highest BCUT2D eigenvalue weighted by atomic mass is 35.5. The van der Waals surface area contributed by atoms with Gasteiger partial charge in [0.15, 0.2) is 5.16 Å². The molecule has 8 nitrogen and oxygen atoms in total. The molecular weight excluding hydrogens is 544 g/mol. The lowest BCUT2D eigenvalue weighted by Crippen LogP contribution is -2.28. The summed E-state index contributed by atoms with van der Waals surface area (Å²) < 4.78 is 28.8. The Hall–Kier alpha value is -3.18. The van der Waals surface area contributed by atoms with Crippen molar-refractivity contribution >= 4 is 55.9 Å². The minimum atomic E-state index is -3.66. The molecule has 1 N–H and O–H groups in total. The van der Waals surface area contributed by atoms with Crippen molar-refractivity contribution in [3.05, 3.63) is 87.7 Å². The molecule has 1 amide bonds. The minimum absolute atomic E-state index is 0.0733. The third kappa shape index (κ3) is 5.35. The summed E-state index contributed by atoms with van der Waals surface area (Å²) in [5, 5.41) is 3.78. The average molecular weight is 569 g/mol. The second-order valence-electron chi connectivity index (χ2n) is 8.98. The lowest BCUT2D eigenvalue weighted by atomic mass is 10.2. The van der Waals surface area contributed by atoms with Crippen molar-refractivity contribution in [3.8, 4) is 5.69 Å². The van der Waals surface area contributed by atoms with Crippen LogP contribution in [-0.4, -0.2) is 47.0 Å². The van der Waals surface area contributed by atoms with E-state index >= 15 is 0 Å². The van der Waals surface area contributed by atoms with Crippen molar-refractivity contribution in [2.24, 2.45) is 0 Å². The maximum Gasteiger partial charge on any atom is 0.266 e. The highest BCUT2D eigenvalue weighted by molar-refractivity contribution is 7.99. The summed E-state index contributed by atoms with van der Waals surface area (Å²) in [7, 11) is -3.66. The van der Waals surface area contributed by atoms with Gasteiger partial charge in [-0.1, -0.05) is 53.2 Å². The number of halogens is 1. The average Bonchev–Trinajstić information content (AvgIpc) is 3.46. The van der Waals surface area contributed by atoms with Gasteiger partial charge in [-0.25, -0.2) is 13.4 Å². The van der Waals surface area contributed by atoms with Gasteiger partial charge in [0, 0.05) is 13.1 Å². The van der Waals surface area contributed by atoms with Crippen LogP contribution < -0.4 is 10.9 Å². The molecule has 1 fully saturated rings. The van der Waals surface area contributed by atoms with E-state index in [4.69, 9.17) is 11.6 Å². The summed E-state index contributed by atoms with van der Waals surface area (Å²) in [6, 6.07) is 18.8. The number of carbonyl (C=O) groups is 1. The van der Waals surface area contributed by atoms with Gasteiger partial charge in [-0.05, 0) is 62.2 Å². The van der Waals surface area contributed by atoms with Gasteiger partial charge in [0.25, 0.3) is 5.56 Å². The number of carbonyl (C=O) groups excluding carboxylic acids is 1. The lowest BCUT2D eigenvalue weighted by Gasteiger charge is -2.17. The van der Waals surface area contributed by atoms with E-state index in [2.05, 4.69) is 10.3 Å². The Bertz CT molecular complexity index is 1680. The first-order chi connectivity index (χ1) is 18.2. The molecule has 2 heterocycles. The molecular formula is C27H25ClN4O4S2. The van der Waals surface area contributed by atoms with Gasteiger partial charge in [0.05, 0.1) is 37.9 Å². The quantitative estimate of drug-likeness (QED) is 0.252. The zero-order chi connectivity index (χ0) is 26.9. The summed E-state index contributed by atoms with van der Waals surface area (Å²) in [5.74, 6) is -0.485. The van der Waals surface area contributed by atoms with Crippen molar-refractivity contribution in [2.75, 3.05) is 24.2 Å². The van der Waals surface area contributed by atoms with E-state index < -0.39 is 15.9 Å². The predicted octanol–water partition coefficient (Wildman–Crippen LogP) is 4.86. The van der Waals surface area contributed by atoms with Crippen LogP contribution in [0.4, 0.5) is 5.69 Å². The first-order valence-corrected chi connectivity index (χ1v) is 14.9. The van der Waals surface area contributed by atoms with Crippen molar-refractivity contribution in [1.29, 1.82) is 0 Å². The van der Waals surface area contributed by atoms with Gasteiger partial charge in [-0.2, -0.15) is 4.31 Å². The fourth-order valence-electron chi connectivity index (χ4n) is 4.29. The molecule has 4 aromatic rings. The van der Waals surface area contributed by atoms with Gasteiger partial charge in [-0.3, -0.25) is 14.2 Å². The third-order valence-corrected chi connectivity index (χ3v) is 9.45. The SMILES string of the molecule is Cc1ccc(-n2c(SCC(=O)Nc3cc(S(=O)(=O)N4CCCC4)ccc3Cl)nc3ccccc3c2=O)cc1. The molecule has 0 spiro atoms. The zero-order valence-corrected chi connectivity index (χ0v) is 22.9. The summed E-state index contributed by atoms with van der Waals surface area (Å²) in [4.78, 5) is 31.1. The molecule has 1 aromatic heterocycles. The topological polar surface area (TPSA) is 101 Å². The van der Waals surface area contributed by atoms with Crippen LogP contribution in [0.5, 0.6) is 0 Å². The Kier molecular flexibility index (Phi) is 7.58. The van der Waals surface area contributed by atoms with Crippen LogP contribution in [0.1, 0.15) is 18.4 Å². The van der Waals surface area contributed by atoms with E-state index in [9.17, 15) is 18.0 Å². The zero-order valence-electron chi connectivity index (χ0n) is 20.6. The monoisotopic (exact) mass is 568 g/mol. The van der Waals surface area contributed by atoms with Crippen LogP contribution in [0.15, 0.2) is 81.6 Å². The van der Waals surface area contributed by atoms with Crippen molar-refractivity contribution in [3.63, 3.8) is 0 Å². The molecule has 0 bridgehead atoms. The van der Waals surface area contributed by atoms with E-state index in [0.717, 1.165) is 30.2 Å². The fraction of sp³-hybridized carbons (Fsp3) is 0.222. The number of aromatic nitrogens is 2. The summed E-state index contributed by atoms with van der Waals surface area (Å²) in [5.41, 5.74) is 2.21. The first kappa shape index (κ1) is 26.4. The maximum absolute atomic E-state index is 13.4. The number of amides is 1. The molecule has 38 heavy (non-hydrogen) atoms. The number of hydrogen-bond acceptors (Lipinski definition) is 6. The number of fused-ring (bicyclic) bond motifs is 1. The fourth-order valence-corrected chi connectivity index (χ4v) is 6.81. The molecule has 1 aliphatic rings. The van der Waals surface area contributed by atoms with Crippen molar-refractivity contribution < 1.29 is 13.2 Å². The number of sulfonamides is 1. The Morgan fingerprint density at radius 1 is 1.05 bits per heavy atom. The summed E-state index contributed by atoms with van der Waals surface area (Å²) >= 11 is 7.39. The van der Waals surface area contributed by atoms with Crippen LogP contribution in [0, 0.1) is 6.92 Å². The van der Waals surface area contributed by atoms with E-state index in [-0.39, 0.29) is 26.9 Å². The molecule has 3 aromatic carbocycles. The Morgan fingerprint density at radius 3 is 2.50 bits per heavy atom. The van der Waals surface area contributed by atoms with Crippen LogP contribution >= 0.6 is 23.4 Å². The molecule has 0 atom stereocenters. The standard InChI is InChI=1S/C27H25ClN4O4S2/c1-18-8-10-19(11-9-18)32-26(34)21-6-2-3-7-23(21)30-27(32)37-17-25(33)29-24-16-20(12-13-22(24)28)38(35,36)31-14-4-5-15-31/h2-3,6-13,16H,4-5,14-15,17H2,1H3,(H,29,33). The number of aryl methyl sites for hydroxylation is 1. The van der Waals surface area contributed by atoms with E-state index in [0.29, 0.717) is 34.8 Å². The van der Waals surface area contributed by atoms with Gasteiger partial charge in [0.2, 0.25) is 15.9 Å². The summed E-state index contributed by atoms with van der Waals surface area (Å²) in [6.07, 6.45) is 1.65. The highest BCUT2D eigenvalue weighted by Crippen LogP contribution is 2.29. The molecule has 0 unspecified atom stereocenters. The number of thioether (sulfide) groups is 1. The third-order valence-electron chi connectivity index (χ3n) is 6.28. The minimum Gasteiger partial charge on any atom is -0.324 e. The van der Waals surface area contributed by atoms with Crippen LogP contribution in [0.2, 0.25) is 5.02 Å². The summed E-state index contributed by atoms with van der Waals surface area (Å²) in [6.45, 7) is 2.91. The van der Waals surface area contributed by atoms with Crippen molar-refractivity contribution in [1.82, 2.24) is 13.9 Å². The number of nitrogens with zero attached hydrogens (tertiary/aromatic N) is 3. The maximum atomic E-state index is 13.4. The Labute approximate surface area is 229 Å². The number of anilines is 1.